The lowest BCUT2D eigenvalue weighted by Gasteiger charge is -2.52. The topological polar surface area (TPSA) is 93.0 Å². The SMILES string of the molecule is NC1C2CCCOC2C1Nc1cc(=O)[nH]c(C2CC2)n1. The third-order valence-electron chi connectivity index (χ3n) is 4.72. The van der Waals surface area contributed by atoms with Crippen LogP contribution in [0, 0.1) is 5.92 Å². The highest BCUT2D eigenvalue weighted by molar-refractivity contribution is 5.38. The van der Waals surface area contributed by atoms with E-state index in [1.54, 1.807) is 0 Å². The lowest BCUT2D eigenvalue weighted by Crippen LogP contribution is -2.69. The van der Waals surface area contributed by atoms with Gasteiger partial charge in [0.25, 0.3) is 5.56 Å². The summed E-state index contributed by atoms with van der Waals surface area (Å²) < 4.78 is 5.80. The Hall–Kier alpha value is -1.40. The fourth-order valence-electron chi connectivity index (χ4n) is 3.40. The van der Waals surface area contributed by atoms with Gasteiger partial charge in [0, 0.05) is 30.6 Å². The van der Waals surface area contributed by atoms with Gasteiger partial charge in [-0.1, -0.05) is 0 Å². The highest BCUT2D eigenvalue weighted by atomic mass is 16.5. The zero-order valence-electron chi connectivity index (χ0n) is 11.3. The Balaban J connectivity index is 1.52. The second kappa shape index (κ2) is 4.56. The molecule has 0 radical (unpaired) electrons. The van der Waals surface area contributed by atoms with Crippen LogP contribution in [0.1, 0.15) is 37.4 Å². The summed E-state index contributed by atoms with van der Waals surface area (Å²) in [6, 6.07) is 1.67. The largest absolute Gasteiger partial charge is 0.376 e. The van der Waals surface area contributed by atoms with Crippen LogP contribution in [0.4, 0.5) is 5.82 Å². The standard InChI is InChI=1S/C14H20N4O2/c15-11-8-2-1-5-20-13(8)12(11)16-9-6-10(19)18-14(17-9)7-3-4-7/h6-8,11-13H,1-5,15H2,(H2,16,17,18,19). The highest BCUT2D eigenvalue weighted by Gasteiger charge is 2.50. The molecule has 0 aromatic carbocycles. The first kappa shape index (κ1) is 12.3. The Morgan fingerprint density at radius 2 is 2.25 bits per heavy atom. The predicted molar refractivity (Wildman–Crippen MR) is 74.7 cm³/mol. The van der Waals surface area contributed by atoms with Gasteiger partial charge in [0.2, 0.25) is 0 Å². The van der Waals surface area contributed by atoms with Crippen molar-refractivity contribution in [2.75, 3.05) is 11.9 Å². The zero-order chi connectivity index (χ0) is 13.7. The number of rotatable bonds is 3. The maximum atomic E-state index is 11.7. The fraction of sp³-hybridized carbons (Fsp3) is 0.714. The molecule has 0 amide bonds. The molecule has 4 atom stereocenters. The first-order valence-electron chi connectivity index (χ1n) is 7.47. The summed E-state index contributed by atoms with van der Waals surface area (Å²) >= 11 is 0. The molecule has 4 N–H and O–H groups in total. The van der Waals surface area contributed by atoms with Crippen LogP contribution in [0.15, 0.2) is 10.9 Å². The second-order valence-electron chi connectivity index (χ2n) is 6.18. The van der Waals surface area contributed by atoms with Gasteiger partial charge < -0.3 is 20.8 Å². The van der Waals surface area contributed by atoms with Gasteiger partial charge in [0.1, 0.15) is 11.6 Å². The van der Waals surface area contributed by atoms with Crippen LogP contribution in [-0.4, -0.2) is 34.8 Å². The van der Waals surface area contributed by atoms with Crippen molar-refractivity contribution in [3.05, 3.63) is 22.2 Å². The molecule has 2 aliphatic carbocycles. The Morgan fingerprint density at radius 3 is 3.05 bits per heavy atom. The lowest BCUT2D eigenvalue weighted by atomic mass is 9.68. The molecule has 4 rings (SSSR count). The smallest absolute Gasteiger partial charge is 0.252 e. The fourth-order valence-corrected chi connectivity index (χ4v) is 3.40. The quantitative estimate of drug-likeness (QED) is 0.750. The number of nitrogens with one attached hydrogen (secondary N) is 2. The van der Waals surface area contributed by atoms with E-state index in [1.165, 1.54) is 6.07 Å². The normalized spacial score (nSPS) is 36.0. The van der Waals surface area contributed by atoms with Crippen LogP contribution in [0.3, 0.4) is 0 Å². The summed E-state index contributed by atoms with van der Waals surface area (Å²) in [6.45, 7) is 0.808. The number of hydrogen-bond donors (Lipinski definition) is 3. The molecule has 0 spiro atoms. The molecule has 0 bridgehead atoms. The zero-order valence-corrected chi connectivity index (χ0v) is 11.3. The van der Waals surface area contributed by atoms with Crippen LogP contribution in [0.5, 0.6) is 0 Å². The number of nitrogens with zero attached hydrogens (tertiary/aromatic N) is 1. The number of hydrogen-bond acceptors (Lipinski definition) is 5. The Labute approximate surface area is 117 Å². The first-order chi connectivity index (χ1) is 9.72. The maximum absolute atomic E-state index is 11.7. The van der Waals surface area contributed by atoms with Gasteiger partial charge >= 0.3 is 0 Å². The van der Waals surface area contributed by atoms with Gasteiger partial charge in [-0.15, -0.1) is 0 Å². The van der Waals surface area contributed by atoms with Crippen LogP contribution in [0.2, 0.25) is 0 Å². The minimum absolute atomic E-state index is 0.0710. The number of aromatic nitrogens is 2. The molecule has 2 saturated carbocycles. The van der Waals surface area contributed by atoms with E-state index in [4.69, 9.17) is 10.5 Å². The van der Waals surface area contributed by atoms with Crippen molar-refractivity contribution in [1.29, 1.82) is 0 Å². The Kier molecular flexibility index (Phi) is 2.82. The van der Waals surface area contributed by atoms with Gasteiger partial charge in [-0.25, -0.2) is 4.98 Å². The third-order valence-corrected chi connectivity index (χ3v) is 4.72. The number of nitrogens with two attached hydrogens (primary N) is 1. The minimum atomic E-state index is -0.0987. The number of ether oxygens (including phenoxy) is 1. The van der Waals surface area contributed by atoms with Gasteiger partial charge in [-0.3, -0.25) is 4.79 Å². The second-order valence-corrected chi connectivity index (χ2v) is 6.18. The molecule has 2 heterocycles. The molecule has 20 heavy (non-hydrogen) atoms. The maximum Gasteiger partial charge on any atom is 0.252 e. The molecule has 6 heteroatoms. The van der Waals surface area contributed by atoms with Crippen molar-refractivity contribution in [2.45, 2.75) is 49.8 Å². The molecule has 1 aliphatic heterocycles. The van der Waals surface area contributed by atoms with E-state index in [0.29, 0.717) is 17.7 Å². The average molecular weight is 276 g/mol. The van der Waals surface area contributed by atoms with Crippen molar-refractivity contribution in [2.24, 2.45) is 11.7 Å². The molecule has 6 nitrogen and oxygen atoms in total. The van der Waals surface area contributed by atoms with Crippen LogP contribution in [0.25, 0.3) is 0 Å². The van der Waals surface area contributed by atoms with E-state index in [2.05, 4.69) is 15.3 Å². The summed E-state index contributed by atoms with van der Waals surface area (Å²) in [5.41, 5.74) is 6.12. The predicted octanol–water partition coefficient (Wildman–Crippen LogP) is 0.564. The minimum Gasteiger partial charge on any atom is -0.376 e. The summed E-state index contributed by atoms with van der Waals surface area (Å²) in [5.74, 6) is 2.31. The monoisotopic (exact) mass is 276 g/mol. The first-order valence-corrected chi connectivity index (χ1v) is 7.47. The summed E-state index contributed by atoms with van der Waals surface area (Å²) in [7, 11) is 0. The van der Waals surface area contributed by atoms with E-state index in [1.807, 2.05) is 0 Å². The number of fused-ring (bicyclic) bond motifs is 1. The van der Waals surface area contributed by atoms with E-state index in [9.17, 15) is 4.79 Å². The molecule has 108 valence electrons. The summed E-state index contributed by atoms with van der Waals surface area (Å²) in [4.78, 5) is 19.0. The van der Waals surface area contributed by atoms with E-state index in [-0.39, 0.29) is 23.7 Å². The van der Waals surface area contributed by atoms with Crippen molar-refractivity contribution in [3.63, 3.8) is 0 Å². The van der Waals surface area contributed by atoms with E-state index < -0.39 is 0 Å². The number of anilines is 1. The molecule has 3 fully saturated rings. The van der Waals surface area contributed by atoms with Gasteiger partial charge in [-0.2, -0.15) is 0 Å². The van der Waals surface area contributed by atoms with Crippen molar-refractivity contribution < 1.29 is 4.74 Å². The third kappa shape index (κ3) is 2.03. The molecule has 1 aromatic rings. The van der Waals surface area contributed by atoms with Crippen LogP contribution < -0.4 is 16.6 Å². The van der Waals surface area contributed by atoms with E-state index >= 15 is 0 Å². The number of aromatic amines is 1. The Bertz CT molecular complexity index is 569. The summed E-state index contributed by atoms with van der Waals surface area (Å²) in [5, 5.41) is 3.31. The molecular formula is C14H20N4O2. The lowest BCUT2D eigenvalue weighted by molar-refractivity contribution is -0.104. The average Bonchev–Trinajstić information content (AvgIpc) is 3.28. The Morgan fingerprint density at radius 1 is 1.40 bits per heavy atom. The van der Waals surface area contributed by atoms with Gasteiger partial charge in [-0.05, 0) is 25.7 Å². The van der Waals surface area contributed by atoms with Crippen LogP contribution >= 0.6 is 0 Å². The van der Waals surface area contributed by atoms with Gasteiger partial charge in [0.15, 0.2) is 0 Å². The highest BCUT2D eigenvalue weighted by Crippen LogP contribution is 2.39. The summed E-state index contributed by atoms with van der Waals surface area (Å²) in [6.07, 6.45) is 4.63. The van der Waals surface area contributed by atoms with Crippen LogP contribution in [-0.2, 0) is 4.74 Å². The number of H-pyrrole nitrogens is 1. The van der Waals surface area contributed by atoms with Crippen molar-refractivity contribution >= 4 is 5.82 Å². The van der Waals surface area contributed by atoms with Gasteiger partial charge in [0.05, 0.1) is 12.1 Å². The van der Waals surface area contributed by atoms with Crippen molar-refractivity contribution in [1.82, 2.24) is 9.97 Å². The molecule has 1 aromatic heterocycles. The van der Waals surface area contributed by atoms with E-state index in [0.717, 1.165) is 38.1 Å². The molecular weight excluding hydrogens is 256 g/mol. The molecule has 3 aliphatic rings. The van der Waals surface area contributed by atoms with Crippen molar-refractivity contribution in [3.8, 4) is 0 Å². The molecule has 1 saturated heterocycles. The molecule has 4 unspecified atom stereocenters.